The number of hydrogen-bond donors (Lipinski definition) is 0. The van der Waals surface area contributed by atoms with Gasteiger partial charge in [-0.2, -0.15) is 0 Å². The third-order valence-electron chi connectivity index (χ3n) is 1.12. The molecule has 0 aliphatic heterocycles. The number of rotatable bonds is 4. The van der Waals surface area contributed by atoms with E-state index in [0.717, 1.165) is 6.42 Å². The molecular weight excluding hydrogens is 132 g/mol. The molecule has 0 saturated heterocycles. The topological polar surface area (TPSA) is 0 Å². The zero-order chi connectivity index (χ0) is 8.36. The Balaban J connectivity index is 3.51. The van der Waals surface area contributed by atoms with Crippen molar-refractivity contribution in [2.75, 3.05) is 0 Å². The summed E-state index contributed by atoms with van der Waals surface area (Å²) in [5.74, 6) is 0. The molecule has 0 unspecified atom stereocenters. The molecule has 0 aliphatic carbocycles. The van der Waals surface area contributed by atoms with Crippen LogP contribution in [0.4, 0.5) is 0 Å². The highest BCUT2D eigenvalue weighted by Gasteiger charge is 1.62. The molecule has 0 N–H and O–H groups in total. The van der Waals surface area contributed by atoms with E-state index in [2.05, 4.69) is 19.1 Å². The summed E-state index contributed by atoms with van der Waals surface area (Å²) in [5.41, 5.74) is 0. The summed E-state index contributed by atoms with van der Waals surface area (Å²) in [6, 6.07) is 0. The summed E-state index contributed by atoms with van der Waals surface area (Å²) in [6.45, 7) is 4.13. The number of hydrogen-bond acceptors (Lipinski definition) is 0. The van der Waals surface area contributed by atoms with Gasteiger partial charge in [0.1, 0.15) is 0 Å². The second-order valence-corrected chi connectivity index (χ2v) is 2.13. The van der Waals surface area contributed by atoms with Crippen molar-refractivity contribution in [3.63, 3.8) is 0 Å². The van der Waals surface area contributed by atoms with Gasteiger partial charge < -0.3 is 0 Å². The van der Waals surface area contributed by atoms with Crippen LogP contribution in [0.5, 0.6) is 0 Å². The maximum Gasteiger partial charge on any atom is -0.0376 e. The standard InChI is InChI=1S/C11H16/c1-3-5-7-9-11-10-8-6-4-2/h3,5-11H,4H2,1-2H3/b5-3+,8-6-,9-7+,11-10-. The van der Waals surface area contributed by atoms with Gasteiger partial charge in [-0.05, 0) is 13.3 Å². The lowest BCUT2D eigenvalue weighted by molar-refractivity contribution is 1.22. The van der Waals surface area contributed by atoms with Gasteiger partial charge in [-0.3, -0.25) is 0 Å². The Morgan fingerprint density at radius 1 is 0.818 bits per heavy atom. The van der Waals surface area contributed by atoms with Crippen LogP contribution in [0.25, 0.3) is 0 Å². The predicted molar refractivity (Wildman–Crippen MR) is 52.5 cm³/mol. The van der Waals surface area contributed by atoms with E-state index in [0.29, 0.717) is 0 Å². The van der Waals surface area contributed by atoms with Crippen LogP contribution < -0.4 is 0 Å². The van der Waals surface area contributed by atoms with Crippen molar-refractivity contribution in [1.82, 2.24) is 0 Å². The van der Waals surface area contributed by atoms with Crippen LogP contribution in [0, 0.1) is 0 Å². The van der Waals surface area contributed by atoms with E-state index >= 15 is 0 Å². The highest BCUT2D eigenvalue weighted by atomic mass is 13.7. The quantitative estimate of drug-likeness (QED) is 0.534. The van der Waals surface area contributed by atoms with Crippen LogP contribution >= 0.6 is 0 Å². The molecule has 0 saturated carbocycles. The fourth-order valence-corrected chi connectivity index (χ4v) is 0.582. The second kappa shape index (κ2) is 8.96. The first-order chi connectivity index (χ1) is 5.41. The average molecular weight is 148 g/mol. The second-order valence-electron chi connectivity index (χ2n) is 2.13. The maximum atomic E-state index is 2.12. The van der Waals surface area contributed by atoms with E-state index in [1.165, 1.54) is 0 Å². The summed E-state index contributed by atoms with van der Waals surface area (Å²) in [5, 5.41) is 0. The first kappa shape index (κ1) is 9.96. The van der Waals surface area contributed by atoms with E-state index in [4.69, 9.17) is 0 Å². The molecule has 0 amide bonds. The molecule has 0 aliphatic rings. The van der Waals surface area contributed by atoms with Crippen LogP contribution in [-0.2, 0) is 0 Å². The van der Waals surface area contributed by atoms with Gasteiger partial charge in [0.15, 0.2) is 0 Å². The van der Waals surface area contributed by atoms with Crippen molar-refractivity contribution in [2.45, 2.75) is 20.3 Å². The lowest BCUT2D eigenvalue weighted by Gasteiger charge is -1.74. The van der Waals surface area contributed by atoms with Crippen molar-refractivity contribution in [3.05, 3.63) is 48.6 Å². The first-order valence-electron chi connectivity index (χ1n) is 4.03. The molecule has 0 rings (SSSR count). The molecule has 0 spiro atoms. The minimum absolute atomic E-state index is 1.10. The largest absolute Gasteiger partial charge is 0.0877 e. The number of allylic oxidation sites excluding steroid dienone is 8. The van der Waals surface area contributed by atoms with Crippen molar-refractivity contribution in [3.8, 4) is 0 Å². The van der Waals surface area contributed by atoms with Gasteiger partial charge in [-0.25, -0.2) is 0 Å². The molecule has 0 bridgehead atoms. The molecule has 0 aromatic heterocycles. The van der Waals surface area contributed by atoms with Crippen LogP contribution in [0.1, 0.15) is 20.3 Å². The molecule has 0 fully saturated rings. The van der Waals surface area contributed by atoms with E-state index in [9.17, 15) is 0 Å². The zero-order valence-corrected chi connectivity index (χ0v) is 7.33. The Labute approximate surface area is 69.6 Å². The summed E-state index contributed by atoms with van der Waals surface area (Å²) >= 11 is 0. The highest BCUT2D eigenvalue weighted by molar-refractivity contribution is 5.14. The summed E-state index contributed by atoms with van der Waals surface area (Å²) in [4.78, 5) is 0. The van der Waals surface area contributed by atoms with E-state index in [1.54, 1.807) is 0 Å². The van der Waals surface area contributed by atoms with Crippen molar-refractivity contribution in [1.29, 1.82) is 0 Å². The van der Waals surface area contributed by atoms with Crippen molar-refractivity contribution < 1.29 is 0 Å². The summed E-state index contributed by atoms with van der Waals surface area (Å²) in [7, 11) is 0. The lowest BCUT2D eigenvalue weighted by atomic mass is 10.3. The van der Waals surface area contributed by atoms with Gasteiger partial charge in [0.05, 0.1) is 0 Å². The molecule has 0 nitrogen and oxygen atoms in total. The smallest absolute Gasteiger partial charge is 0.0376 e. The van der Waals surface area contributed by atoms with E-state index < -0.39 is 0 Å². The molecule has 0 aromatic carbocycles. The maximum absolute atomic E-state index is 2.12. The molecule has 0 atom stereocenters. The van der Waals surface area contributed by atoms with Crippen molar-refractivity contribution in [2.24, 2.45) is 0 Å². The van der Waals surface area contributed by atoms with Gasteiger partial charge in [0.25, 0.3) is 0 Å². The molecule has 0 radical (unpaired) electrons. The minimum atomic E-state index is 1.10. The summed E-state index contributed by atoms with van der Waals surface area (Å²) < 4.78 is 0. The van der Waals surface area contributed by atoms with E-state index in [-0.39, 0.29) is 0 Å². The summed E-state index contributed by atoms with van der Waals surface area (Å²) in [6.07, 6.45) is 17.4. The molecule has 11 heavy (non-hydrogen) atoms. The molecule has 0 aromatic rings. The third-order valence-corrected chi connectivity index (χ3v) is 1.12. The molecular formula is C11H16. The SMILES string of the molecule is C/C=C/C=C/C=C\C=C/CC. The Kier molecular flexibility index (Phi) is 8.11. The van der Waals surface area contributed by atoms with Gasteiger partial charge in [0, 0.05) is 0 Å². The first-order valence-corrected chi connectivity index (χ1v) is 4.03. The van der Waals surface area contributed by atoms with Crippen LogP contribution in [-0.4, -0.2) is 0 Å². The predicted octanol–water partition coefficient (Wildman–Crippen LogP) is 3.64. The lowest BCUT2D eigenvalue weighted by Crippen LogP contribution is -1.52. The van der Waals surface area contributed by atoms with Gasteiger partial charge in [-0.15, -0.1) is 0 Å². The van der Waals surface area contributed by atoms with Crippen molar-refractivity contribution >= 4 is 0 Å². The Bertz CT molecular complexity index is 168. The van der Waals surface area contributed by atoms with Crippen LogP contribution in [0.15, 0.2) is 48.6 Å². The van der Waals surface area contributed by atoms with E-state index in [1.807, 2.05) is 43.4 Å². The van der Waals surface area contributed by atoms with Crippen LogP contribution in [0.2, 0.25) is 0 Å². The minimum Gasteiger partial charge on any atom is -0.0877 e. The Morgan fingerprint density at radius 2 is 1.36 bits per heavy atom. The Hall–Kier alpha value is -1.04. The normalized spacial score (nSPS) is 13.3. The fraction of sp³-hybridized carbons (Fsp3) is 0.273. The van der Waals surface area contributed by atoms with Gasteiger partial charge >= 0.3 is 0 Å². The molecule has 0 heteroatoms. The average Bonchev–Trinajstić information content (AvgIpc) is 2.03. The highest BCUT2D eigenvalue weighted by Crippen LogP contribution is 1.83. The third kappa shape index (κ3) is 8.96. The zero-order valence-electron chi connectivity index (χ0n) is 7.33. The monoisotopic (exact) mass is 148 g/mol. The Morgan fingerprint density at radius 3 is 1.91 bits per heavy atom. The molecule has 60 valence electrons. The van der Waals surface area contributed by atoms with Gasteiger partial charge in [0.2, 0.25) is 0 Å². The van der Waals surface area contributed by atoms with Crippen LogP contribution in [0.3, 0.4) is 0 Å². The fourth-order valence-electron chi connectivity index (χ4n) is 0.582. The van der Waals surface area contributed by atoms with Gasteiger partial charge in [-0.1, -0.05) is 55.5 Å². The molecule has 0 heterocycles.